The molecule has 0 spiro atoms. The van der Waals surface area contributed by atoms with Gasteiger partial charge in [0, 0.05) is 37.8 Å². The Labute approximate surface area is 270 Å². The van der Waals surface area contributed by atoms with Gasteiger partial charge in [-0.2, -0.15) is 26.9 Å². The molecule has 47 heavy (non-hydrogen) atoms. The van der Waals surface area contributed by atoms with Crippen molar-refractivity contribution in [2.75, 3.05) is 36.8 Å². The molecule has 1 aromatic heterocycles. The van der Waals surface area contributed by atoms with Crippen molar-refractivity contribution in [2.24, 2.45) is 0 Å². The molecule has 1 saturated heterocycles. The van der Waals surface area contributed by atoms with Crippen molar-refractivity contribution in [3.8, 4) is 17.3 Å². The summed E-state index contributed by atoms with van der Waals surface area (Å²) in [6.07, 6.45) is -2.77. The summed E-state index contributed by atoms with van der Waals surface area (Å²) in [7, 11) is -4.09. The number of nitrogens with one attached hydrogen (secondary N) is 3. The van der Waals surface area contributed by atoms with Crippen molar-refractivity contribution < 1.29 is 35.7 Å². The van der Waals surface area contributed by atoms with E-state index < -0.39 is 39.9 Å². The lowest BCUT2D eigenvalue weighted by Gasteiger charge is -2.26. The molecule has 2 heterocycles. The molecular weight excluding hydrogens is 639 g/mol. The number of hydrogen-bond donors (Lipinski definition) is 4. The number of carbonyl (C=O) groups is 2. The Morgan fingerprint density at radius 2 is 1.57 bits per heavy atom. The molecule has 1 aliphatic rings. The van der Waals surface area contributed by atoms with Gasteiger partial charge in [-0.05, 0) is 55.4 Å². The van der Waals surface area contributed by atoms with Crippen LogP contribution in [0.4, 0.5) is 23.8 Å². The van der Waals surface area contributed by atoms with Crippen LogP contribution >= 0.6 is 0 Å². The summed E-state index contributed by atoms with van der Waals surface area (Å²) in [5, 5.41) is 16.9. The maximum absolute atomic E-state index is 13.9. The molecule has 16 heteroatoms. The normalized spacial score (nSPS) is 14.8. The van der Waals surface area contributed by atoms with Crippen LogP contribution in [0.2, 0.25) is 0 Å². The first kappa shape index (κ1) is 35.1. The van der Waals surface area contributed by atoms with Gasteiger partial charge in [0.2, 0.25) is 11.7 Å². The predicted molar refractivity (Wildman–Crippen MR) is 167 cm³/mol. The topological polar surface area (TPSA) is 177 Å². The van der Waals surface area contributed by atoms with Gasteiger partial charge in [-0.1, -0.05) is 36.4 Å². The van der Waals surface area contributed by atoms with Crippen molar-refractivity contribution in [3.63, 3.8) is 0 Å². The van der Waals surface area contributed by atoms with Crippen molar-refractivity contribution in [2.45, 2.75) is 44.3 Å². The number of anilines is 1. The van der Waals surface area contributed by atoms with Crippen LogP contribution < -0.4 is 20.9 Å². The molecule has 2 aromatic carbocycles. The second kappa shape index (κ2) is 15.7. The van der Waals surface area contributed by atoms with Crippen LogP contribution in [0, 0.1) is 11.3 Å². The molecule has 4 N–H and O–H groups in total. The number of alkyl halides is 3. The van der Waals surface area contributed by atoms with Crippen molar-refractivity contribution in [3.05, 3.63) is 77.1 Å². The number of hydrogen-bond acceptors (Lipinski definition) is 8. The van der Waals surface area contributed by atoms with Gasteiger partial charge in [0.1, 0.15) is 11.9 Å². The van der Waals surface area contributed by atoms with E-state index in [2.05, 4.69) is 25.9 Å². The number of nitrogens with zero attached hydrogens (tertiary/aromatic N) is 4. The maximum Gasteiger partial charge on any atom is 0.451 e. The minimum absolute atomic E-state index is 0.00273. The number of amides is 3. The number of aromatic nitrogens is 2. The summed E-state index contributed by atoms with van der Waals surface area (Å²) in [5.41, 5.74) is 2.71. The summed E-state index contributed by atoms with van der Waals surface area (Å²) in [5.74, 6) is -2.08. The Morgan fingerprint density at radius 3 is 2.19 bits per heavy atom. The molecule has 250 valence electrons. The van der Waals surface area contributed by atoms with Gasteiger partial charge in [-0.25, -0.2) is 14.8 Å². The summed E-state index contributed by atoms with van der Waals surface area (Å²) in [6, 6.07) is 15.9. The summed E-state index contributed by atoms with van der Waals surface area (Å²) >= 11 is 0. The molecule has 1 atom stereocenters. The SMILES string of the molecule is N#Cc1ccc(CCNC(=O)C2CCCN2c2cc(-c3ccc(CCNC(=O)NCCCS(=O)(=O)O)cc3)nc(C(F)(F)F)n2)cc1. The van der Waals surface area contributed by atoms with Gasteiger partial charge in [0.05, 0.1) is 23.1 Å². The van der Waals surface area contributed by atoms with Crippen molar-refractivity contribution in [1.82, 2.24) is 25.9 Å². The summed E-state index contributed by atoms with van der Waals surface area (Å²) < 4.78 is 71.8. The number of halogens is 3. The maximum atomic E-state index is 13.9. The van der Waals surface area contributed by atoms with Crippen LogP contribution in [0.15, 0.2) is 54.6 Å². The van der Waals surface area contributed by atoms with Gasteiger partial charge < -0.3 is 20.9 Å². The third-order valence-electron chi connectivity index (χ3n) is 7.43. The van der Waals surface area contributed by atoms with Gasteiger partial charge >= 0.3 is 12.2 Å². The van der Waals surface area contributed by atoms with Gasteiger partial charge in [0.15, 0.2) is 0 Å². The van der Waals surface area contributed by atoms with Crippen LogP contribution in [0.1, 0.15) is 41.8 Å². The Morgan fingerprint density at radius 1 is 0.957 bits per heavy atom. The molecule has 0 saturated carbocycles. The molecule has 1 unspecified atom stereocenters. The third kappa shape index (κ3) is 10.6. The number of urea groups is 1. The smallest absolute Gasteiger partial charge is 0.354 e. The molecule has 0 bridgehead atoms. The van der Waals surface area contributed by atoms with Gasteiger partial charge in [-0.3, -0.25) is 9.35 Å². The lowest BCUT2D eigenvalue weighted by atomic mass is 10.1. The number of carbonyl (C=O) groups excluding carboxylic acids is 2. The predicted octanol–water partition coefficient (Wildman–Crippen LogP) is 3.48. The number of nitriles is 1. The minimum atomic E-state index is -4.82. The number of benzene rings is 2. The highest BCUT2D eigenvalue weighted by Gasteiger charge is 2.38. The molecule has 4 rings (SSSR count). The average Bonchev–Trinajstić information content (AvgIpc) is 3.53. The monoisotopic (exact) mass is 673 g/mol. The second-order valence-electron chi connectivity index (χ2n) is 10.9. The van der Waals surface area contributed by atoms with Crippen LogP contribution in [-0.2, 0) is 33.9 Å². The first-order valence-corrected chi connectivity index (χ1v) is 16.5. The van der Waals surface area contributed by atoms with E-state index >= 15 is 0 Å². The summed E-state index contributed by atoms with van der Waals surface area (Å²) in [6.45, 7) is 0.970. The average molecular weight is 674 g/mol. The second-order valence-corrected chi connectivity index (χ2v) is 12.5. The molecule has 3 aromatic rings. The fourth-order valence-electron chi connectivity index (χ4n) is 5.05. The Balaban J connectivity index is 1.38. The van der Waals surface area contributed by atoms with Crippen LogP contribution in [0.3, 0.4) is 0 Å². The highest BCUT2D eigenvalue weighted by Crippen LogP contribution is 2.33. The van der Waals surface area contributed by atoms with Gasteiger partial charge in [-0.15, -0.1) is 0 Å². The van der Waals surface area contributed by atoms with Crippen LogP contribution in [-0.4, -0.2) is 72.9 Å². The molecular formula is C31H34F3N7O5S. The Kier molecular flexibility index (Phi) is 11.7. The zero-order valence-electron chi connectivity index (χ0n) is 25.3. The summed E-state index contributed by atoms with van der Waals surface area (Å²) in [4.78, 5) is 34.1. The van der Waals surface area contributed by atoms with E-state index in [1.54, 1.807) is 53.4 Å². The van der Waals surface area contributed by atoms with E-state index in [4.69, 9.17) is 9.81 Å². The van der Waals surface area contributed by atoms with E-state index in [1.807, 2.05) is 6.07 Å². The zero-order chi connectivity index (χ0) is 34.0. The molecule has 1 aliphatic heterocycles. The van der Waals surface area contributed by atoms with E-state index in [1.165, 1.54) is 6.07 Å². The number of rotatable bonds is 13. The zero-order valence-corrected chi connectivity index (χ0v) is 26.1. The van der Waals surface area contributed by atoms with Gasteiger partial charge in [0.25, 0.3) is 10.1 Å². The fourth-order valence-corrected chi connectivity index (χ4v) is 5.55. The fraction of sp³-hybridized carbons (Fsp3) is 0.387. The first-order chi connectivity index (χ1) is 22.3. The molecule has 12 nitrogen and oxygen atoms in total. The highest BCUT2D eigenvalue weighted by atomic mass is 32.2. The van der Waals surface area contributed by atoms with E-state index in [9.17, 15) is 31.2 Å². The first-order valence-electron chi connectivity index (χ1n) is 14.9. The van der Waals surface area contributed by atoms with E-state index in [0.717, 1.165) is 11.1 Å². The van der Waals surface area contributed by atoms with Crippen molar-refractivity contribution in [1.29, 1.82) is 5.26 Å². The molecule has 0 aliphatic carbocycles. The highest BCUT2D eigenvalue weighted by molar-refractivity contribution is 7.85. The molecule has 0 radical (unpaired) electrons. The lowest BCUT2D eigenvalue weighted by Crippen LogP contribution is -2.44. The standard InChI is InChI=1S/C31H34F3N7O5S/c32-31(33,34)29-39-25(24-10-8-22(9-11-24)13-16-38-30(43)37-14-2-18-47(44,45)46)19-27(40-29)41-17-1-3-26(41)28(42)36-15-12-21-4-6-23(20-35)7-5-21/h4-11,19,26H,1-3,12-18H2,(H,36,42)(H2,37,38,43)(H,44,45,46). The Bertz CT molecular complexity index is 1700. The third-order valence-corrected chi connectivity index (χ3v) is 8.23. The van der Waals surface area contributed by atoms with Crippen molar-refractivity contribution >= 4 is 27.9 Å². The van der Waals surface area contributed by atoms with E-state index in [0.29, 0.717) is 49.9 Å². The quantitative estimate of drug-likeness (QED) is 0.156. The lowest BCUT2D eigenvalue weighted by molar-refractivity contribution is -0.144. The van der Waals surface area contributed by atoms with Crippen LogP contribution in [0.25, 0.3) is 11.3 Å². The molecule has 1 fully saturated rings. The minimum Gasteiger partial charge on any atom is -0.354 e. The van der Waals surface area contributed by atoms with Crippen LogP contribution in [0.5, 0.6) is 0 Å². The Hall–Kier alpha value is -4.75. The largest absolute Gasteiger partial charge is 0.451 e. The molecule has 3 amide bonds. The van der Waals surface area contributed by atoms with E-state index in [-0.39, 0.29) is 36.9 Å².